The van der Waals surface area contributed by atoms with Crippen LogP contribution in [0, 0.1) is 0 Å². The number of hydrogen-bond acceptors (Lipinski definition) is 5. The minimum atomic E-state index is -0.316. The number of rotatable bonds is 6. The van der Waals surface area contributed by atoms with Gasteiger partial charge in [-0.2, -0.15) is 11.3 Å². The molecule has 2 aromatic carbocycles. The van der Waals surface area contributed by atoms with Crippen molar-refractivity contribution < 1.29 is 19.1 Å². The summed E-state index contributed by atoms with van der Waals surface area (Å²) < 4.78 is 10.0. The molecule has 3 rings (SSSR count). The maximum absolute atomic E-state index is 11.8. The molecule has 0 aliphatic rings. The van der Waals surface area contributed by atoms with Crippen LogP contribution in [0.2, 0.25) is 0 Å². The van der Waals surface area contributed by atoms with E-state index in [1.54, 1.807) is 49.4 Å². The van der Waals surface area contributed by atoms with Gasteiger partial charge in [0.2, 0.25) is 0 Å². The molecule has 0 bridgehead atoms. The highest BCUT2D eigenvalue weighted by atomic mass is 32.1. The second-order valence-corrected chi connectivity index (χ2v) is 6.54. The van der Waals surface area contributed by atoms with Crippen molar-refractivity contribution in [3.05, 3.63) is 70.4 Å². The van der Waals surface area contributed by atoms with Gasteiger partial charge in [0.1, 0.15) is 0 Å². The predicted molar refractivity (Wildman–Crippen MR) is 107 cm³/mol. The highest BCUT2D eigenvalue weighted by Gasteiger charge is 2.12. The molecule has 0 fully saturated rings. The predicted octanol–water partition coefficient (Wildman–Crippen LogP) is 5.44. The number of esters is 2. The second kappa shape index (κ2) is 8.64. The fraction of sp³-hybridized carbons (Fsp3) is 0.182. The molecular formula is C22H20O4S. The molecule has 0 amide bonds. The van der Waals surface area contributed by atoms with Crippen LogP contribution < -0.4 is 0 Å². The van der Waals surface area contributed by atoms with Crippen LogP contribution in [0.15, 0.2) is 59.3 Å². The van der Waals surface area contributed by atoms with E-state index < -0.39 is 0 Å². The van der Waals surface area contributed by atoms with Crippen LogP contribution in [0.5, 0.6) is 0 Å². The average molecular weight is 380 g/mol. The van der Waals surface area contributed by atoms with Gasteiger partial charge in [0.05, 0.1) is 24.3 Å². The maximum atomic E-state index is 11.8. The van der Waals surface area contributed by atoms with Gasteiger partial charge in [0.25, 0.3) is 0 Å². The lowest BCUT2D eigenvalue weighted by molar-refractivity contribution is 0.0517. The van der Waals surface area contributed by atoms with Gasteiger partial charge in [-0.05, 0) is 60.0 Å². The van der Waals surface area contributed by atoms with Crippen molar-refractivity contribution in [1.29, 1.82) is 0 Å². The van der Waals surface area contributed by atoms with E-state index in [-0.39, 0.29) is 11.9 Å². The highest BCUT2D eigenvalue weighted by molar-refractivity contribution is 7.08. The van der Waals surface area contributed by atoms with Crippen molar-refractivity contribution in [3.63, 3.8) is 0 Å². The summed E-state index contributed by atoms with van der Waals surface area (Å²) in [5.41, 5.74) is 5.29. The Morgan fingerprint density at radius 2 is 1.07 bits per heavy atom. The van der Waals surface area contributed by atoms with Crippen molar-refractivity contribution in [1.82, 2.24) is 0 Å². The Morgan fingerprint density at radius 1 is 0.704 bits per heavy atom. The van der Waals surface area contributed by atoms with Gasteiger partial charge in [-0.25, -0.2) is 9.59 Å². The molecule has 0 radical (unpaired) electrons. The fourth-order valence-corrected chi connectivity index (χ4v) is 3.61. The third-order valence-corrected chi connectivity index (χ3v) is 4.82. The van der Waals surface area contributed by atoms with Crippen LogP contribution in [0.4, 0.5) is 0 Å². The zero-order valence-corrected chi connectivity index (χ0v) is 16.0. The standard InChI is InChI=1S/C22H20O4S/c1-3-25-21(23)17-9-5-15(6-10-17)19-13-27-14-20(19)16-7-11-18(12-8-16)22(24)26-4-2/h5-14H,3-4H2,1-2H3. The van der Waals surface area contributed by atoms with E-state index in [1.807, 2.05) is 24.3 Å². The number of ether oxygens (including phenoxy) is 2. The minimum Gasteiger partial charge on any atom is -0.462 e. The van der Waals surface area contributed by atoms with Gasteiger partial charge in [0.15, 0.2) is 0 Å². The first-order chi connectivity index (χ1) is 13.1. The summed E-state index contributed by atoms with van der Waals surface area (Å²) in [4.78, 5) is 23.6. The molecule has 0 aliphatic heterocycles. The van der Waals surface area contributed by atoms with Gasteiger partial charge < -0.3 is 9.47 Å². The molecule has 1 heterocycles. The molecule has 1 aromatic heterocycles. The molecule has 27 heavy (non-hydrogen) atoms. The van der Waals surface area contributed by atoms with E-state index in [1.165, 1.54) is 0 Å². The van der Waals surface area contributed by atoms with E-state index >= 15 is 0 Å². The van der Waals surface area contributed by atoms with Crippen molar-refractivity contribution in [2.24, 2.45) is 0 Å². The number of benzene rings is 2. The van der Waals surface area contributed by atoms with E-state index in [2.05, 4.69) is 10.8 Å². The first-order valence-electron chi connectivity index (χ1n) is 8.75. The molecule has 3 aromatic rings. The number of thiophene rings is 1. The molecular weight excluding hydrogens is 360 g/mol. The van der Waals surface area contributed by atoms with E-state index in [0.29, 0.717) is 24.3 Å². The van der Waals surface area contributed by atoms with Gasteiger partial charge in [-0.1, -0.05) is 24.3 Å². The first kappa shape index (κ1) is 18.9. The lowest BCUT2D eigenvalue weighted by atomic mass is 9.97. The SMILES string of the molecule is CCOC(=O)c1ccc(-c2cscc2-c2ccc(C(=O)OCC)cc2)cc1. The van der Waals surface area contributed by atoms with Crippen molar-refractivity contribution in [2.75, 3.05) is 13.2 Å². The van der Waals surface area contributed by atoms with Crippen LogP contribution in [0.3, 0.4) is 0 Å². The Hall–Kier alpha value is -2.92. The van der Waals surface area contributed by atoms with Crippen LogP contribution >= 0.6 is 11.3 Å². The molecule has 0 unspecified atom stereocenters. The van der Waals surface area contributed by atoms with Gasteiger partial charge in [-0.3, -0.25) is 0 Å². The number of carbonyl (C=O) groups excluding carboxylic acids is 2. The number of hydrogen-bond donors (Lipinski definition) is 0. The quantitative estimate of drug-likeness (QED) is 0.535. The monoisotopic (exact) mass is 380 g/mol. The van der Waals surface area contributed by atoms with E-state index in [4.69, 9.17) is 9.47 Å². The zero-order valence-electron chi connectivity index (χ0n) is 15.2. The zero-order chi connectivity index (χ0) is 19.2. The Balaban J connectivity index is 1.86. The molecule has 0 N–H and O–H groups in total. The lowest BCUT2D eigenvalue weighted by Gasteiger charge is -2.07. The third kappa shape index (κ3) is 4.26. The van der Waals surface area contributed by atoms with Crippen LogP contribution in [0.1, 0.15) is 34.6 Å². The van der Waals surface area contributed by atoms with Gasteiger partial charge in [0, 0.05) is 11.1 Å². The molecule has 0 saturated carbocycles. The topological polar surface area (TPSA) is 52.6 Å². The second-order valence-electron chi connectivity index (χ2n) is 5.79. The van der Waals surface area contributed by atoms with Crippen molar-refractivity contribution >= 4 is 23.3 Å². The van der Waals surface area contributed by atoms with Gasteiger partial charge in [-0.15, -0.1) is 0 Å². The summed E-state index contributed by atoms with van der Waals surface area (Å²) in [5.74, 6) is -0.631. The molecule has 0 saturated heterocycles. The van der Waals surface area contributed by atoms with E-state index in [0.717, 1.165) is 22.3 Å². The lowest BCUT2D eigenvalue weighted by Crippen LogP contribution is -2.04. The van der Waals surface area contributed by atoms with Crippen molar-refractivity contribution in [2.45, 2.75) is 13.8 Å². The number of carbonyl (C=O) groups is 2. The largest absolute Gasteiger partial charge is 0.462 e. The summed E-state index contributed by atoms with van der Waals surface area (Å²) in [5, 5.41) is 4.15. The normalized spacial score (nSPS) is 10.4. The molecule has 138 valence electrons. The van der Waals surface area contributed by atoms with Gasteiger partial charge >= 0.3 is 11.9 Å². The summed E-state index contributed by atoms with van der Waals surface area (Å²) in [6.45, 7) is 4.29. The Morgan fingerprint density at radius 3 is 1.41 bits per heavy atom. The Kier molecular flexibility index (Phi) is 6.04. The molecule has 4 nitrogen and oxygen atoms in total. The summed E-state index contributed by atoms with van der Waals surface area (Å²) in [6, 6.07) is 14.8. The first-order valence-corrected chi connectivity index (χ1v) is 9.69. The van der Waals surface area contributed by atoms with Crippen LogP contribution in [-0.2, 0) is 9.47 Å². The summed E-state index contributed by atoms with van der Waals surface area (Å²) in [7, 11) is 0. The molecule has 5 heteroatoms. The van der Waals surface area contributed by atoms with Crippen LogP contribution in [0.25, 0.3) is 22.3 Å². The van der Waals surface area contributed by atoms with E-state index in [9.17, 15) is 9.59 Å². The summed E-state index contributed by atoms with van der Waals surface area (Å²) >= 11 is 1.61. The Bertz CT molecular complexity index is 848. The molecule has 0 atom stereocenters. The Labute approximate surface area is 162 Å². The molecule has 0 spiro atoms. The smallest absolute Gasteiger partial charge is 0.338 e. The average Bonchev–Trinajstić information content (AvgIpc) is 3.18. The third-order valence-electron chi connectivity index (χ3n) is 4.08. The fourth-order valence-electron chi connectivity index (χ4n) is 2.74. The maximum Gasteiger partial charge on any atom is 0.338 e. The van der Waals surface area contributed by atoms with Crippen LogP contribution in [-0.4, -0.2) is 25.2 Å². The minimum absolute atomic E-state index is 0.316. The van der Waals surface area contributed by atoms with Crippen molar-refractivity contribution in [3.8, 4) is 22.3 Å². The summed E-state index contributed by atoms with van der Waals surface area (Å²) in [6.07, 6.45) is 0. The highest BCUT2D eigenvalue weighted by Crippen LogP contribution is 2.35. The molecule has 0 aliphatic carbocycles.